The highest BCUT2D eigenvalue weighted by Gasteiger charge is 2.41. The Hall–Kier alpha value is -5.80. The Bertz CT molecular complexity index is 2450. The average Bonchev–Trinajstić information content (AvgIpc) is 3.20. The molecule has 0 fully saturated rings. The number of aryl methyl sites for hydroxylation is 1. The van der Waals surface area contributed by atoms with Crippen molar-refractivity contribution in [2.75, 3.05) is 10.2 Å². The number of hydrogen-bond donors (Lipinski definition) is 1. The van der Waals surface area contributed by atoms with Crippen LogP contribution < -0.4 is 21.1 Å². The molecule has 1 N–H and O–H groups in total. The fraction of sp³-hybridized carbons (Fsp3) is 0.160. The molecular weight excluding hydrogens is 639 g/mol. The van der Waals surface area contributed by atoms with E-state index in [-0.39, 0.29) is 5.41 Å². The van der Waals surface area contributed by atoms with Gasteiger partial charge in [0.2, 0.25) is 0 Å². The number of nitrogens with one attached hydrogen (secondary N) is 1. The van der Waals surface area contributed by atoms with E-state index in [1.54, 1.807) is 0 Å². The number of fused-ring (bicyclic) bond motifs is 4. The molecule has 0 saturated heterocycles. The van der Waals surface area contributed by atoms with E-state index in [0.717, 1.165) is 17.8 Å². The molecule has 2 aliphatic rings. The first kappa shape index (κ1) is 33.1. The third-order valence-electron chi connectivity index (χ3n) is 11.3. The summed E-state index contributed by atoms with van der Waals surface area (Å²) in [5.41, 5.74) is 19.8. The van der Waals surface area contributed by atoms with Crippen LogP contribution in [0.15, 0.2) is 158 Å². The second kappa shape index (κ2) is 13.6. The number of anilines is 5. The predicted molar refractivity (Wildman–Crippen MR) is 228 cm³/mol. The minimum Gasteiger partial charge on any atom is -0.355 e. The van der Waals surface area contributed by atoms with Gasteiger partial charge in [-0.25, -0.2) is 0 Å². The number of rotatable bonds is 9. The van der Waals surface area contributed by atoms with Gasteiger partial charge in [-0.15, -0.1) is 0 Å². The molecule has 0 unspecified atom stereocenters. The lowest BCUT2D eigenvalue weighted by Gasteiger charge is -2.46. The van der Waals surface area contributed by atoms with E-state index in [1.807, 2.05) is 0 Å². The fourth-order valence-electron chi connectivity index (χ4n) is 8.53. The molecule has 0 spiro atoms. The average molecular weight is 684 g/mol. The summed E-state index contributed by atoms with van der Waals surface area (Å²) in [5.74, 6) is 0. The van der Waals surface area contributed by atoms with Crippen LogP contribution in [0.2, 0.25) is 0 Å². The maximum Gasteiger partial charge on any atom is 0.197 e. The van der Waals surface area contributed by atoms with Gasteiger partial charge in [-0.3, -0.25) is 0 Å². The Morgan fingerprint density at radius 3 is 2.02 bits per heavy atom. The van der Waals surface area contributed by atoms with E-state index in [9.17, 15) is 0 Å². The SMILES string of the molecule is CCCCCc1cc(-c2cc(-c3ccccc3)ccc2Nc2cccc(-c3ccccc3)c2)c2c(c1)N1c3ccccc3C(C)(C)c3cccc(c31)[B]2. The second-order valence-electron chi connectivity index (χ2n) is 15.1. The first-order valence-corrected chi connectivity index (χ1v) is 19.2. The maximum atomic E-state index is 3.90. The zero-order valence-electron chi connectivity index (χ0n) is 30.9. The summed E-state index contributed by atoms with van der Waals surface area (Å²) < 4.78 is 0. The van der Waals surface area contributed by atoms with E-state index < -0.39 is 0 Å². The predicted octanol–water partition coefficient (Wildman–Crippen LogP) is 12.2. The Balaban J connectivity index is 1.26. The van der Waals surface area contributed by atoms with Crippen molar-refractivity contribution in [2.45, 2.75) is 51.9 Å². The van der Waals surface area contributed by atoms with Gasteiger partial charge < -0.3 is 10.2 Å². The number of nitrogens with zero attached hydrogens (tertiary/aromatic N) is 1. The van der Waals surface area contributed by atoms with Crippen molar-refractivity contribution < 1.29 is 0 Å². The summed E-state index contributed by atoms with van der Waals surface area (Å²) in [7, 11) is 2.45. The largest absolute Gasteiger partial charge is 0.355 e. The first-order valence-electron chi connectivity index (χ1n) is 19.2. The van der Waals surface area contributed by atoms with E-state index in [1.165, 1.54) is 97.3 Å². The molecule has 1 radical (unpaired) electrons. The summed E-state index contributed by atoms with van der Waals surface area (Å²) in [6.07, 6.45) is 4.64. The molecule has 0 atom stereocenters. The van der Waals surface area contributed by atoms with Gasteiger partial charge in [0.05, 0.1) is 5.69 Å². The minimum atomic E-state index is -0.110. The van der Waals surface area contributed by atoms with E-state index in [0.29, 0.717) is 0 Å². The summed E-state index contributed by atoms with van der Waals surface area (Å²) in [4.78, 5) is 2.57. The lowest BCUT2D eigenvalue weighted by Crippen LogP contribution is -2.45. The molecule has 2 nitrogen and oxygen atoms in total. The summed E-state index contributed by atoms with van der Waals surface area (Å²) >= 11 is 0. The number of para-hydroxylation sites is 2. The van der Waals surface area contributed by atoms with E-state index in [2.05, 4.69) is 196 Å². The maximum absolute atomic E-state index is 3.90. The quantitative estimate of drug-likeness (QED) is 0.120. The van der Waals surface area contributed by atoms with Crippen LogP contribution in [-0.2, 0) is 11.8 Å². The monoisotopic (exact) mass is 683 g/mol. The molecule has 7 aromatic rings. The van der Waals surface area contributed by atoms with Gasteiger partial charge in [0.15, 0.2) is 7.28 Å². The molecule has 0 bridgehead atoms. The molecule has 3 heteroatoms. The van der Waals surface area contributed by atoms with Gasteiger partial charge in [0, 0.05) is 33.7 Å². The van der Waals surface area contributed by atoms with Crippen LogP contribution in [0.4, 0.5) is 28.4 Å². The van der Waals surface area contributed by atoms with E-state index in [4.69, 9.17) is 0 Å². The molecule has 0 aliphatic carbocycles. The summed E-state index contributed by atoms with van der Waals surface area (Å²) in [5, 5.41) is 3.90. The Labute approximate surface area is 315 Å². The molecule has 0 saturated carbocycles. The van der Waals surface area contributed by atoms with Crippen LogP contribution in [0.25, 0.3) is 33.4 Å². The molecule has 53 heavy (non-hydrogen) atoms. The van der Waals surface area contributed by atoms with Gasteiger partial charge in [-0.2, -0.15) is 0 Å². The van der Waals surface area contributed by atoms with E-state index >= 15 is 0 Å². The van der Waals surface area contributed by atoms with Gasteiger partial charge in [0.25, 0.3) is 0 Å². The zero-order valence-corrected chi connectivity index (χ0v) is 30.9. The van der Waals surface area contributed by atoms with Gasteiger partial charge in [-0.05, 0) is 99.2 Å². The Morgan fingerprint density at radius 2 is 1.25 bits per heavy atom. The van der Waals surface area contributed by atoms with Crippen LogP contribution >= 0.6 is 0 Å². The smallest absolute Gasteiger partial charge is 0.197 e. The molecule has 0 aromatic heterocycles. The third kappa shape index (κ3) is 5.95. The van der Waals surface area contributed by atoms with Gasteiger partial charge in [-0.1, -0.05) is 160 Å². The van der Waals surface area contributed by atoms with Crippen molar-refractivity contribution in [1.29, 1.82) is 0 Å². The minimum absolute atomic E-state index is 0.110. The Kier molecular flexibility index (Phi) is 8.51. The lowest BCUT2D eigenvalue weighted by molar-refractivity contribution is 0.632. The molecule has 2 aliphatic heterocycles. The fourth-order valence-corrected chi connectivity index (χ4v) is 8.53. The number of hydrogen-bond acceptors (Lipinski definition) is 2. The lowest BCUT2D eigenvalue weighted by atomic mass is 9.55. The van der Waals surface area contributed by atoms with Crippen LogP contribution in [0.5, 0.6) is 0 Å². The highest BCUT2D eigenvalue weighted by Crippen LogP contribution is 2.52. The summed E-state index contributed by atoms with van der Waals surface area (Å²) in [6.45, 7) is 7.04. The van der Waals surface area contributed by atoms with Crippen LogP contribution in [0.1, 0.15) is 56.7 Å². The number of benzene rings is 7. The molecule has 257 valence electrons. The molecule has 9 rings (SSSR count). The highest BCUT2D eigenvalue weighted by molar-refractivity contribution is 6.73. The highest BCUT2D eigenvalue weighted by atomic mass is 15.2. The van der Waals surface area contributed by atoms with Crippen LogP contribution in [0, 0.1) is 0 Å². The van der Waals surface area contributed by atoms with Gasteiger partial charge in [0.1, 0.15) is 0 Å². The van der Waals surface area contributed by atoms with Crippen molar-refractivity contribution in [2.24, 2.45) is 0 Å². The van der Waals surface area contributed by atoms with Crippen molar-refractivity contribution >= 4 is 46.6 Å². The molecule has 7 aromatic carbocycles. The van der Waals surface area contributed by atoms with Gasteiger partial charge >= 0.3 is 0 Å². The van der Waals surface area contributed by atoms with Crippen molar-refractivity contribution in [3.63, 3.8) is 0 Å². The Morgan fingerprint density at radius 1 is 0.566 bits per heavy atom. The third-order valence-corrected chi connectivity index (χ3v) is 11.3. The molecule has 2 heterocycles. The normalized spacial score (nSPS) is 13.4. The van der Waals surface area contributed by atoms with Crippen LogP contribution in [-0.4, -0.2) is 7.28 Å². The summed E-state index contributed by atoms with van der Waals surface area (Å²) in [6, 6.07) is 58.0. The standard InChI is InChI=1S/C50H44BN2/c1-4-5-8-17-34-30-41(48-47(31-34)53-46-27-14-13-24-42(46)50(2,3)43-25-16-26-44(51-48)49(43)53)40-33-38(36-20-11-7-12-21-36)28-29-45(40)52-39-23-15-22-37(32-39)35-18-9-6-10-19-35/h6-7,9-16,18-33,52H,4-5,8,17H2,1-3H3. The molecule has 0 amide bonds. The molecular formula is C50H44BN2. The topological polar surface area (TPSA) is 15.3 Å². The first-order chi connectivity index (χ1) is 26.0. The van der Waals surface area contributed by atoms with Crippen molar-refractivity contribution in [1.82, 2.24) is 0 Å². The van der Waals surface area contributed by atoms with Crippen molar-refractivity contribution in [3.8, 4) is 33.4 Å². The van der Waals surface area contributed by atoms with Crippen LogP contribution in [0.3, 0.4) is 0 Å². The zero-order chi connectivity index (χ0) is 35.9. The second-order valence-corrected chi connectivity index (χ2v) is 15.1. The number of unbranched alkanes of at least 4 members (excludes halogenated alkanes) is 2. The van der Waals surface area contributed by atoms with Crippen molar-refractivity contribution in [3.05, 3.63) is 174 Å².